The summed E-state index contributed by atoms with van der Waals surface area (Å²) in [5, 5.41) is 32.9. The molecule has 36 heavy (non-hydrogen) atoms. The van der Waals surface area contributed by atoms with E-state index >= 15 is 0 Å². The van der Waals surface area contributed by atoms with Crippen LogP contribution < -0.4 is 5.32 Å². The van der Waals surface area contributed by atoms with Crippen LogP contribution in [-0.2, 0) is 12.6 Å². The third-order valence-electron chi connectivity index (χ3n) is 6.90. The zero-order chi connectivity index (χ0) is 26.7. The van der Waals surface area contributed by atoms with Crippen molar-refractivity contribution in [2.45, 2.75) is 89.5 Å². The number of allylic oxidation sites excluding steroid dienone is 1. The van der Waals surface area contributed by atoms with E-state index in [4.69, 9.17) is 5.41 Å². The lowest BCUT2D eigenvalue weighted by Gasteiger charge is -2.32. The molecule has 1 saturated carbocycles. The quantitative estimate of drug-likeness (QED) is 0.270. The first kappa shape index (κ1) is 27.9. The fourth-order valence-electron chi connectivity index (χ4n) is 4.86. The summed E-state index contributed by atoms with van der Waals surface area (Å²) >= 11 is 0. The van der Waals surface area contributed by atoms with Crippen LogP contribution >= 0.6 is 0 Å². The predicted molar refractivity (Wildman–Crippen MR) is 139 cm³/mol. The lowest BCUT2D eigenvalue weighted by molar-refractivity contribution is -0.137. The number of aryl methyl sites for hydroxylation is 2. The van der Waals surface area contributed by atoms with Gasteiger partial charge in [-0.1, -0.05) is 44.0 Å². The molecule has 0 saturated heterocycles. The number of alkyl halides is 3. The summed E-state index contributed by atoms with van der Waals surface area (Å²) in [5.74, 6) is 0. The van der Waals surface area contributed by atoms with Crippen molar-refractivity contribution < 1.29 is 23.4 Å². The van der Waals surface area contributed by atoms with Gasteiger partial charge in [0.15, 0.2) is 0 Å². The largest absolute Gasteiger partial charge is 0.417 e. The summed E-state index contributed by atoms with van der Waals surface area (Å²) in [6, 6.07) is 8.92. The molecule has 2 aromatic carbocycles. The number of hydrogen-bond donors (Lipinski definition) is 4. The minimum absolute atomic E-state index is 0.0928. The zero-order valence-corrected chi connectivity index (χ0v) is 21.4. The number of nitrogens with one attached hydrogen (secondary N) is 2. The molecule has 0 aliphatic heterocycles. The Bertz CT molecular complexity index is 1110. The molecule has 2 aromatic rings. The molecule has 0 aromatic heterocycles. The number of hydrogen-bond acceptors (Lipinski definition) is 4. The topological polar surface area (TPSA) is 76.3 Å². The van der Waals surface area contributed by atoms with E-state index in [1.165, 1.54) is 12.1 Å². The normalized spacial score (nSPS) is 16.0. The molecule has 1 aliphatic carbocycles. The molecule has 0 amide bonds. The van der Waals surface area contributed by atoms with Gasteiger partial charge in [-0.3, -0.25) is 0 Å². The van der Waals surface area contributed by atoms with Crippen molar-refractivity contribution in [3.63, 3.8) is 0 Å². The molecule has 3 rings (SSSR count). The monoisotopic (exact) mass is 502 g/mol. The average Bonchev–Trinajstić information content (AvgIpc) is 2.78. The Morgan fingerprint density at radius 1 is 1.11 bits per heavy atom. The molecule has 0 radical (unpaired) electrons. The van der Waals surface area contributed by atoms with Gasteiger partial charge in [-0.25, -0.2) is 0 Å². The number of anilines is 1. The van der Waals surface area contributed by atoms with E-state index in [2.05, 4.69) is 11.9 Å². The predicted octanol–water partition coefficient (Wildman–Crippen LogP) is 7.41. The highest BCUT2D eigenvalue weighted by atomic mass is 19.4. The number of benzene rings is 2. The van der Waals surface area contributed by atoms with Crippen molar-refractivity contribution >= 4 is 11.4 Å². The van der Waals surface area contributed by atoms with Crippen LogP contribution in [0.1, 0.15) is 75.5 Å². The van der Waals surface area contributed by atoms with Crippen LogP contribution in [0.25, 0.3) is 11.1 Å². The van der Waals surface area contributed by atoms with Crippen LogP contribution in [0.15, 0.2) is 48.7 Å². The first-order chi connectivity index (χ1) is 16.7. The first-order valence-corrected chi connectivity index (χ1v) is 12.5. The minimum atomic E-state index is -4.49. The van der Waals surface area contributed by atoms with Crippen molar-refractivity contribution in [1.29, 1.82) is 5.41 Å². The van der Waals surface area contributed by atoms with E-state index in [0.717, 1.165) is 30.9 Å². The Morgan fingerprint density at radius 3 is 2.36 bits per heavy atom. The first-order valence-electron chi connectivity index (χ1n) is 12.5. The van der Waals surface area contributed by atoms with Gasteiger partial charge >= 0.3 is 6.18 Å². The second-order valence-corrected chi connectivity index (χ2v) is 10.7. The molecule has 0 atom stereocenters. The van der Waals surface area contributed by atoms with Crippen molar-refractivity contribution in [2.24, 2.45) is 0 Å². The van der Waals surface area contributed by atoms with Crippen LogP contribution in [0.4, 0.5) is 18.9 Å². The SMILES string of the molecule is C=C(Nc1c(C)cc(-c2ccccc2C(F)(F)F)cc1CCC(C)(C)O)C(=N)CC1(O)CCCCC1. The van der Waals surface area contributed by atoms with Crippen molar-refractivity contribution in [1.82, 2.24) is 0 Å². The molecule has 196 valence electrons. The van der Waals surface area contributed by atoms with Crippen molar-refractivity contribution in [3.05, 3.63) is 65.4 Å². The Hall–Kier alpha value is -2.64. The highest BCUT2D eigenvalue weighted by Crippen LogP contribution is 2.39. The van der Waals surface area contributed by atoms with Crippen molar-refractivity contribution in [3.8, 4) is 11.1 Å². The number of aliphatic hydroxyl groups is 2. The van der Waals surface area contributed by atoms with Crippen LogP contribution in [-0.4, -0.2) is 27.1 Å². The minimum Gasteiger partial charge on any atom is -0.390 e. The molecule has 7 heteroatoms. The number of rotatable bonds is 9. The molecule has 1 aliphatic rings. The molecule has 4 N–H and O–H groups in total. The third-order valence-corrected chi connectivity index (χ3v) is 6.90. The molecule has 0 spiro atoms. The molecular weight excluding hydrogens is 465 g/mol. The van der Waals surface area contributed by atoms with Gasteiger partial charge in [0.05, 0.1) is 28.2 Å². The Balaban J connectivity index is 1.95. The van der Waals surface area contributed by atoms with Crippen LogP contribution in [0.3, 0.4) is 0 Å². The molecule has 0 unspecified atom stereocenters. The lowest BCUT2D eigenvalue weighted by atomic mass is 9.81. The smallest absolute Gasteiger partial charge is 0.390 e. The second kappa shape index (κ2) is 10.8. The van der Waals surface area contributed by atoms with Crippen molar-refractivity contribution in [2.75, 3.05) is 5.32 Å². The lowest BCUT2D eigenvalue weighted by Crippen LogP contribution is -2.34. The Kier molecular flexibility index (Phi) is 8.36. The van der Waals surface area contributed by atoms with E-state index in [0.29, 0.717) is 48.2 Å². The maximum absolute atomic E-state index is 13.7. The Morgan fingerprint density at radius 2 is 1.75 bits per heavy atom. The van der Waals surface area contributed by atoms with Gasteiger partial charge < -0.3 is 20.9 Å². The summed E-state index contributed by atoms with van der Waals surface area (Å²) in [4.78, 5) is 0. The fourth-order valence-corrected chi connectivity index (χ4v) is 4.86. The standard InChI is InChI=1S/C29H37F3N2O2/c1-19-16-22(23-10-6-7-11-24(23)29(30,31)32)17-21(12-15-27(3,4)35)26(19)34-20(2)25(33)18-28(36)13-8-5-9-14-28/h6-7,10-11,16-17,33-36H,2,5,8-9,12-15,18H2,1,3-4H3. The average molecular weight is 503 g/mol. The summed E-state index contributed by atoms with van der Waals surface area (Å²) in [6.07, 6.45) is 0.801. The van der Waals surface area contributed by atoms with Gasteiger partial charge in [-0.15, -0.1) is 0 Å². The molecular formula is C29H37F3N2O2. The maximum atomic E-state index is 13.7. The van der Waals surface area contributed by atoms with Crippen LogP contribution in [0, 0.1) is 12.3 Å². The summed E-state index contributed by atoms with van der Waals surface area (Å²) in [7, 11) is 0. The van der Waals surface area contributed by atoms with E-state index in [-0.39, 0.29) is 17.7 Å². The molecule has 0 bridgehead atoms. The van der Waals surface area contributed by atoms with Gasteiger partial charge in [0.1, 0.15) is 0 Å². The fraction of sp³-hybridized carbons (Fsp3) is 0.483. The highest BCUT2D eigenvalue weighted by molar-refractivity contribution is 6.00. The molecule has 1 fully saturated rings. The Labute approximate surface area is 211 Å². The summed E-state index contributed by atoms with van der Waals surface area (Å²) in [6.45, 7) is 9.21. The second-order valence-electron chi connectivity index (χ2n) is 10.7. The number of halogens is 3. The van der Waals surface area contributed by atoms with Gasteiger partial charge in [0, 0.05) is 12.1 Å². The molecule has 0 heterocycles. The maximum Gasteiger partial charge on any atom is 0.417 e. The van der Waals surface area contributed by atoms with E-state index in [1.54, 1.807) is 39.0 Å². The third kappa shape index (κ3) is 7.20. The van der Waals surface area contributed by atoms with Crippen LogP contribution in [0.5, 0.6) is 0 Å². The van der Waals surface area contributed by atoms with Gasteiger partial charge in [-0.05, 0) is 86.9 Å². The van der Waals surface area contributed by atoms with E-state index in [1.807, 2.05) is 0 Å². The van der Waals surface area contributed by atoms with Gasteiger partial charge in [-0.2, -0.15) is 13.2 Å². The summed E-state index contributed by atoms with van der Waals surface area (Å²) < 4.78 is 41.1. The molecule has 4 nitrogen and oxygen atoms in total. The van der Waals surface area contributed by atoms with Crippen LogP contribution in [0.2, 0.25) is 0 Å². The van der Waals surface area contributed by atoms with Gasteiger partial charge in [0.25, 0.3) is 0 Å². The zero-order valence-electron chi connectivity index (χ0n) is 21.4. The van der Waals surface area contributed by atoms with E-state index < -0.39 is 22.9 Å². The van der Waals surface area contributed by atoms with Gasteiger partial charge in [0.2, 0.25) is 0 Å². The van der Waals surface area contributed by atoms with E-state index in [9.17, 15) is 23.4 Å². The highest BCUT2D eigenvalue weighted by Gasteiger charge is 2.34. The summed E-state index contributed by atoms with van der Waals surface area (Å²) in [5.41, 5.74) is 0.634.